The number of ether oxygens (including phenoxy) is 1. The SMILES string of the molecule is c1ccc(-c2ccc(N(c3ccc(-c4cccc5c4oc4ccccc45)cc3)c3ccc4c5c(ccc4c3)-c3ccccc3-c3ccccc3O5)cc2)cc1. The molecule has 0 amide bonds. The summed E-state index contributed by atoms with van der Waals surface area (Å²) in [6.45, 7) is 0. The summed E-state index contributed by atoms with van der Waals surface area (Å²) in [5.74, 6) is 1.74. The molecule has 2 heterocycles. The summed E-state index contributed by atoms with van der Waals surface area (Å²) in [5, 5.41) is 4.43. The molecule has 0 radical (unpaired) electrons. The van der Waals surface area contributed by atoms with Gasteiger partial charge in [0.25, 0.3) is 0 Å². The molecule has 3 nitrogen and oxygen atoms in total. The highest BCUT2D eigenvalue weighted by molar-refractivity contribution is 6.09. The van der Waals surface area contributed by atoms with Crippen molar-refractivity contribution in [2.45, 2.75) is 0 Å². The van der Waals surface area contributed by atoms with Gasteiger partial charge in [-0.3, -0.25) is 0 Å². The largest absolute Gasteiger partial charge is 0.455 e. The molecular weight excluding hydrogens is 671 g/mol. The van der Waals surface area contributed by atoms with Gasteiger partial charge in [-0.25, -0.2) is 0 Å². The first-order chi connectivity index (χ1) is 27.3. The number of hydrogen-bond acceptors (Lipinski definition) is 3. The highest BCUT2D eigenvalue weighted by Gasteiger charge is 2.23. The Balaban J connectivity index is 1.04. The Morgan fingerprint density at radius 2 is 0.945 bits per heavy atom. The van der Waals surface area contributed by atoms with E-state index in [0.717, 1.165) is 83.5 Å². The molecule has 1 aliphatic rings. The second-order valence-corrected chi connectivity index (χ2v) is 14.1. The van der Waals surface area contributed by atoms with Crippen molar-refractivity contribution in [1.82, 2.24) is 0 Å². The van der Waals surface area contributed by atoms with Crippen LogP contribution in [-0.2, 0) is 0 Å². The first kappa shape index (κ1) is 31.2. The van der Waals surface area contributed by atoms with E-state index in [1.54, 1.807) is 0 Å². The molecule has 258 valence electrons. The Kier molecular flexibility index (Phi) is 7.17. The van der Waals surface area contributed by atoms with Crippen LogP contribution in [0.25, 0.3) is 77.2 Å². The van der Waals surface area contributed by atoms with Gasteiger partial charge < -0.3 is 14.1 Å². The zero-order valence-electron chi connectivity index (χ0n) is 29.8. The maximum absolute atomic E-state index is 6.81. The van der Waals surface area contributed by atoms with Crippen molar-refractivity contribution >= 4 is 49.8 Å². The summed E-state index contributed by atoms with van der Waals surface area (Å²) in [4.78, 5) is 2.33. The van der Waals surface area contributed by atoms with E-state index in [1.807, 2.05) is 18.2 Å². The summed E-state index contributed by atoms with van der Waals surface area (Å²) in [6.07, 6.45) is 0. The average Bonchev–Trinajstić information content (AvgIpc) is 3.57. The molecule has 9 aromatic carbocycles. The van der Waals surface area contributed by atoms with Crippen molar-refractivity contribution in [1.29, 1.82) is 0 Å². The second-order valence-electron chi connectivity index (χ2n) is 14.1. The van der Waals surface area contributed by atoms with Crippen molar-refractivity contribution in [3.63, 3.8) is 0 Å². The highest BCUT2D eigenvalue weighted by Crippen LogP contribution is 2.50. The van der Waals surface area contributed by atoms with E-state index in [2.05, 4.69) is 187 Å². The number of fused-ring (bicyclic) bond motifs is 10. The van der Waals surface area contributed by atoms with Crippen molar-refractivity contribution in [3.8, 4) is 56.0 Å². The van der Waals surface area contributed by atoms with Gasteiger partial charge in [0.15, 0.2) is 0 Å². The fraction of sp³-hybridized carbons (Fsp3) is 0. The van der Waals surface area contributed by atoms with Gasteiger partial charge in [-0.2, -0.15) is 0 Å². The Morgan fingerprint density at radius 1 is 0.345 bits per heavy atom. The maximum atomic E-state index is 6.81. The van der Waals surface area contributed by atoms with E-state index in [0.29, 0.717) is 0 Å². The Morgan fingerprint density at radius 3 is 1.75 bits per heavy atom. The van der Waals surface area contributed by atoms with Crippen LogP contribution in [0.3, 0.4) is 0 Å². The number of rotatable bonds is 5. The van der Waals surface area contributed by atoms with E-state index in [4.69, 9.17) is 9.15 Å². The van der Waals surface area contributed by atoms with Gasteiger partial charge in [0, 0.05) is 49.9 Å². The molecule has 1 aliphatic heterocycles. The lowest BCUT2D eigenvalue weighted by Gasteiger charge is -2.26. The molecular formula is C52H33NO2. The zero-order valence-corrected chi connectivity index (χ0v) is 29.8. The minimum absolute atomic E-state index is 0.865. The summed E-state index contributed by atoms with van der Waals surface area (Å²) in [5.41, 5.74) is 14.1. The van der Waals surface area contributed by atoms with E-state index in [9.17, 15) is 0 Å². The summed E-state index contributed by atoms with van der Waals surface area (Å²) in [6, 6.07) is 70.9. The lowest BCUT2D eigenvalue weighted by atomic mass is 9.93. The molecule has 10 aromatic rings. The topological polar surface area (TPSA) is 25.6 Å². The van der Waals surface area contributed by atoms with Gasteiger partial charge >= 0.3 is 0 Å². The summed E-state index contributed by atoms with van der Waals surface area (Å²) < 4.78 is 13.2. The molecule has 0 aliphatic carbocycles. The van der Waals surface area contributed by atoms with Crippen molar-refractivity contribution in [3.05, 3.63) is 200 Å². The third-order valence-corrected chi connectivity index (χ3v) is 10.9. The third-order valence-electron chi connectivity index (χ3n) is 10.9. The molecule has 0 spiro atoms. The van der Waals surface area contributed by atoms with E-state index in [-0.39, 0.29) is 0 Å². The fourth-order valence-electron chi connectivity index (χ4n) is 8.24. The lowest BCUT2D eigenvalue weighted by molar-refractivity contribution is 0.493. The standard InChI is InChI=1S/C52H33NO2/c1-2-11-34(12-3-1)35-21-26-38(27-22-35)53(39-28-23-36(24-29-39)41-17-10-18-47-46-16-7-9-20-50(46)55-51(41)47)40-30-32-42-37(33-40)25-31-48-44-14-5-4-13-43(44)45-15-6-8-19-49(45)54-52(42)48/h1-33H. The maximum Gasteiger partial charge on any atom is 0.143 e. The van der Waals surface area contributed by atoms with E-state index < -0.39 is 0 Å². The van der Waals surface area contributed by atoms with Gasteiger partial charge in [-0.1, -0.05) is 140 Å². The molecule has 11 rings (SSSR count). The van der Waals surface area contributed by atoms with Crippen molar-refractivity contribution < 1.29 is 9.15 Å². The summed E-state index contributed by atoms with van der Waals surface area (Å²) >= 11 is 0. The van der Waals surface area contributed by atoms with Gasteiger partial charge in [0.05, 0.1) is 0 Å². The monoisotopic (exact) mass is 703 g/mol. The first-order valence-corrected chi connectivity index (χ1v) is 18.7. The van der Waals surface area contributed by atoms with Crippen molar-refractivity contribution in [2.75, 3.05) is 4.90 Å². The van der Waals surface area contributed by atoms with Crippen LogP contribution < -0.4 is 9.64 Å². The Bertz CT molecular complexity index is 3050. The molecule has 3 heteroatoms. The van der Waals surface area contributed by atoms with Crippen LogP contribution >= 0.6 is 0 Å². The molecule has 0 saturated heterocycles. The second kappa shape index (κ2) is 12.6. The molecule has 0 atom stereocenters. The molecule has 1 aromatic heterocycles. The first-order valence-electron chi connectivity index (χ1n) is 18.7. The Hall–Kier alpha value is -7.36. The van der Waals surface area contributed by atoms with Crippen LogP contribution in [0, 0.1) is 0 Å². The quantitative estimate of drug-likeness (QED) is 0.178. The highest BCUT2D eigenvalue weighted by atomic mass is 16.5. The number of benzene rings is 9. The van der Waals surface area contributed by atoms with Crippen LogP contribution in [0.4, 0.5) is 17.1 Å². The van der Waals surface area contributed by atoms with Crippen LogP contribution in [0.15, 0.2) is 205 Å². The number of para-hydroxylation sites is 3. The molecule has 0 N–H and O–H groups in total. The molecule has 0 bridgehead atoms. The van der Waals surface area contributed by atoms with Crippen LogP contribution in [0.1, 0.15) is 0 Å². The number of nitrogens with zero attached hydrogens (tertiary/aromatic N) is 1. The number of hydrogen-bond donors (Lipinski definition) is 0. The third kappa shape index (κ3) is 5.20. The van der Waals surface area contributed by atoms with Crippen LogP contribution in [0.2, 0.25) is 0 Å². The predicted octanol–water partition coefficient (Wildman–Crippen LogP) is 15.0. The minimum atomic E-state index is 0.865. The van der Waals surface area contributed by atoms with Gasteiger partial charge in [0.2, 0.25) is 0 Å². The molecule has 0 saturated carbocycles. The van der Waals surface area contributed by atoms with Gasteiger partial charge in [-0.05, 0) is 93.9 Å². The minimum Gasteiger partial charge on any atom is -0.455 e. The predicted molar refractivity (Wildman–Crippen MR) is 228 cm³/mol. The van der Waals surface area contributed by atoms with E-state index >= 15 is 0 Å². The normalized spacial score (nSPS) is 11.8. The molecule has 0 unspecified atom stereocenters. The van der Waals surface area contributed by atoms with Crippen LogP contribution in [0.5, 0.6) is 11.5 Å². The Labute approximate surface area is 318 Å². The van der Waals surface area contributed by atoms with Gasteiger partial charge in [-0.15, -0.1) is 0 Å². The lowest BCUT2D eigenvalue weighted by Crippen LogP contribution is -2.10. The zero-order chi connectivity index (χ0) is 36.3. The summed E-state index contributed by atoms with van der Waals surface area (Å²) in [7, 11) is 0. The number of anilines is 3. The molecule has 55 heavy (non-hydrogen) atoms. The number of furan rings is 1. The van der Waals surface area contributed by atoms with Gasteiger partial charge in [0.1, 0.15) is 22.7 Å². The smallest absolute Gasteiger partial charge is 0.143 e. The van der Waals surface area contributed by atoms with Crippen LogP contribution in [-0.4, -0.2) is 0 Å². The van der Waals surface area contributed by atoms with Crippen molar-refractivity contribution in [2.24, 2.45) is 0 Å². The fourth-order valence-corrected chi connectivity index (χ4v) is 8.24. The molecule has 0 fully saturated rings. The average molecular weight is 704 g/mol. The van der Waals surface area contributed by atoms with E-state index in [1.165, 1.54) is 22.3 Å².